The Morgan fingerprint density at radius 1 is 1.67 bits per heavy atom. The molecule has 0 N–H and O–H groups in total. The minimum atomic E-state index is 0.968. The van der Waals surface area contributed by atoms with Crippen molar-refractivity contribution >= 4 is 24.0 Å². The summed E-state index contributed by atoms with van der Waals surface area (Å²) >= 11 is 6.36. The second-order valence-corrected chi connectivity index (χ2v) is 2.58. The highest BCUT2D eigenvalue weighted by Gasteiger charge is 1.77. The summed E-state index contributed by atoms with van der Waals surface area (Å²) in [7, 11) is 0. The Morgan fingerprint density at radius 2 is 2.50 bits per heavy atom. The maximum Gasteiger partial charge on any atom is 0.0899 e. The summed E-state index contributed by atoms with van der Waals surface area (Å²) in [6.45, 7) is 0. The molecule has 2 heteroatoms. The Kier molecular flexibility index (Phi) is 1.08. The summed E-state index contributed by atoms with van der Waals surface area (Å²) < 4.78 is 0.968. The maximum atomic E-state index is 4.76. The average Bonchev–Trinajstić information content (AvgIpc) is 1.86. The van der Waals surface area contributed by atoms with Gasteiger partial charge in [0.2, 0.25) is 0 Å². The molecular weight excluding hydrogens is 112 g/mol. The summed E-state index contributed by atoms with van der Waals surface area (Å²) in [4.78, 5) is 0. The molecule has 1 heterocycles. The van der Waals surface area contributed by atoms with Crippen molar-refractivity contribution in [3.8, 4) is 0 Å². The number of rotatable bonds is 0. The fourth-order valence-corrected chi connectivity index (χ4v) is 0.957. The van der Waals surface area contributed by atoms with Gasteiger partial charge in [-0.25, -0.2) is 0 Å². The second kappa shape index (κ2) is 1.58. The second-order valence-electron chi connectivity index (χ2n) is 0.932. The molecule has 0 fully saturated rings. The highest BCUT2D eigenvalue weighted by Crippen LogP contribution is 2.11. The van der Waals surface area contributed by atoms with Gasteiger partial charge in [0.1, 0.15) is 0 Å². The van der Waals surface area contributed by atoms with Crippen molar-refractivity contribution in [2.24, 2.45) is 0 Å². The predicted molar refractivity (Wildman–Crippen MR) is 30.2 cm³/mol. The van der Waals surface area contributed by atoms with Gasteiger partial charge in [-0.3, -0.25) is 0 Å². The molecule has 0 aliphatic rings. The molecule has 1 radical (unpaired) electrons. The molecule has 0 atom stereocenters. The van der Waals surface area contributed by atoms with Crippen LogP contribution in [0.15, 0.2) is 21.7 Å². The van der Waals surface area contributed by atoms with Crippen molar-refractivity contribution in [2.75, 3.05) is 0 Å². The molecule has 0 aliphatic carbocycles. The first-order valence-corrected chi connectivity index (χ1v) is 2.89. The standard InChI is InChI=1S/C4H3S2/c5-4-2-1-3-6-4/h1-3H. The number of hydrogen-bond acceptors (Lipinski definition) is 1. The topological polar surface area (TPSA) is 0 Å². The lowest BCUT2D eigenvalue weighted by Crippen LogP contribution is -1.32. The van der Waals surface area contributed by atoms with E-state index in [1.54, 1.807) is 11.3 Å². The van der Waals surface area contributed by atoms with Gasteiger partial charge in [-0.15, -0.1) is 11.3 Å². The Labute approximate surface area is 46.2 Å². The Morgan fingerprint density at radius 3 is 2.67 bits per heavy atom. The third kappa shape index (κ3) is 0.698. The summed E-state index contributed by atoms with van der Waals surface area (Å²) in [5.41, 5.74) is 0. The highest BCUT2D eigenvalue weighted by molar-refractivity contribution is 7.82. The van der Waals surface area contributed by atoms with Crippen LogP contribution in [-0.4, -0.2) is 0 Å². The van der Waals surface area contributed by atoms with Crippen LogP contribution in [0.4, 0.5) is 0 Å². The Balaban J connectivity index is 3.05. The third-order valence-electron chi connectivity index (χ3n) is 0.495. The van der Waals surface area contributed by atoms with E-state index < -0.39 is 0 Å². The van der Waals surface area contributed by atoms with E-state index in [2.05, 4.69) is 0 Å². The van der Waals surface area contributed by atoms with E-state index in [0.29, 0.717) is 0 Å². The molecule has 1 aromatic rings. The Bertz CT molecular complexity index is 109. The monoisotopic (exact) mass is 115 g/mol. The minimum Gasteiger partial charge on any atom is -0.133 e. The lowest BCUT2D eigenvalue weighted by Gasteiger charge is -1.62. The van der Waals surface area contributed by atoms with Gasteiger partial charge in [0, 0.05) is 0 Å². The molecule has 1 rings (SSSR count). The lowest BCUT2D eigenvalue weighted by atomic mass is 10.7. The van der Waals surface area contributed by atoms with Crippen LogP contribution in [0.5, 0.6) is 0 Å². The van der Waals surface area contributed by atoms with E-state index >= 15 is 0 Å². The first-order chi connectivity index (χ1) is 2.89. The predicted octanol–water partition coefficient (Wildman–Crippen LogP) is 2.30. The highest BCUT2D eigenvalue weighted by atomic mass is 32.2. The molecule has 0 nitrogen and oxygen atoms in total. The van der Waals surface area contributed by atoms with Gasteiger partial charge in [-0.1, -0.05) is 18.7 Å². The van der Waals surface area contributed by atoms with E-state index in [4.69, 9.17) is 12.6 Å². The van der Waals surface area contributed by atoms with E-state index in [9.17, 15) is 0 Å². The lowest BCUT2D eigenvalue weighted by molar-refractivity contribution is 1.77. The molecule has 0 saturated carbocycles. The summed E-state index contributed by atoms with van der Waals surface area (Å²) in [5.74, 6) is 0. The van der Waals surface area contributed by atoms with Crippen molar-refractivity contribution in [1.29, 1.82) is 0 Å². The SMILES string of the molecule is [S]c1cccs1. The van der Waals surface area contributed by atoms with Crippen molar-refractivity contribution in [3.63, 3.8) is 0 Å². The first-order valence-electron chi connectivity index (χ1n) is 1.60. The van der Waals surface area contributed by atoms with Crippen LogP contribution < -0.4 is 0 Å². The van der Waals surface area contributed by atoms with E-state index in [1.165, 1.54) is 0 Å². The van der Waals surface area contributed by atoms with E-state index in [0.717, 1.165) is 4.21 Å². The van der Waals surface area contributed by atoms with E-state index in [-0.39, 0.29) is 0 Å². The normalized spacial score (nSPS) is 8.67. The molecule has 0 unspecified atom stereocenters. The van der Waals surface area contributed by atoms with Gasteiger partial charge in [0.05, 0.1) is 4.21 Å². The third-order valence-corrected chi connectivity index (χ3v) is 1.58. The van der Waals surface area contributed by atoms with Gasteiger partial charge < -0.3 is 0 Å². The van der Waals surface area contributed by atoms with Crippen LogP contribution in [0.2, 0.25) is 0 Å². The van der Waals surface area contributed by atoms with Crippen molar-refractivity contribution in [2.45, 2.75) is 4.21 Å². The van der Waals surface area contributed by atoms with Crippen LogP contribution in [0, 0.1) is 0 Å². The van der Waals surface area contributed by atoms with Crippen LogP contribution >= 0.6 is 24.0 Å². The van der Waals surface area contributed by atoms with Crippen LogP contribution in [-0.2, 0) is 0 Å². The molecule has 0 aliphatic heterocycles. The van der Waals surface area contributed by atoms with Gasteiger partial charge in [-0.2, -0.15) is 0 Å². The van der Waals surface area contributed by atoms with Gasteiger partial charge >= 0.3 is 0 Å². The largest absolute Gasteiger partial charge is 0.133 e. The van der Waals surface area contributed by atoms with Crippen LogP contribution in [0.25, 0.3) is 0 Å². The molecule has 0 aromatic carbocycles. The maximum absolute atomic E-state index is 4.76. The zero-order valence-corrected chi connectivity index (χ0v) is 4.68. The first kappa shape index (κ1) is 4.09. The molecule has 1 aromatic heterocycles. The van der Waals surface area contributed by atoms with Gasteiger partial charge in [-0.05, 0) is 11.4 Å². The van der Waals surface area contributed by atoms with Gasteiger partial charge in [0.25, 0.3) is 0 Å². The summed E-state index contributed by atoms with van der Waals surface area (Å²) in [5, 5.41) is 1.97. The smallest absolute Gasteiger partial charge is 0.0899 e. The molecular formula is C4H3S2. The van der Waals surface area contributed by atoms with Gasteiger partial charge in [0.15, 0.2) is 0 Å². The number of hydrogen-bond donors (Lipinski definition) is 0. The quantitative estimate of drug-likeness (QED) is 0.486. The summed E-state index contributed by atoms with van der Waals surface area (Å²) in [6, 6.07) is 3.87. The van der Waals surface area contributed by atoms with Crippen molar-refractivity contribution in [3.05, 3.63) is 17.5 Å². The zero-order chi connectivity index (χ0) is 4.41. The van der Waals surface area contributed by atoms with Crippen LogP contribution in [0.1, 0.15) is 0 Å². The minimum absolute atomic E-state index is 0.968. The molecule has 0 amide bonds. The summed E-state index contributed by atoms with van der Waals surface area (Å²) in [6.07, 6.45) is 0. The molecule has 31 valence electrons. The average molecular weight is 115 g/mol. The van der Waals surface area contributed by atoms with Crippen LogP contribution in [0.3, 0.4) is 0 Å². The Hall–Kier alpha value is -0.0800. The zero-order valence-electron chi connectivity index (χ0n) is 3.05. The van der Waals surface area contributed by atoms with Crippen molar-refractivity contribution < 1.29 is 0 Å². The van der Waals surface area contributed by atoms with E-state index in [1.807, 2.05) is 17.5 Å². The molecule has 0 saturated heterocycles. The fraction of sp³-hybridized carbons (Fsp3) is 0. The fourth-order valence-electron chi connectivity index (χ4n) is 0.263. The molecule has 0 bridgehead atoms. The molecule has 0 spiro atoms. The van der Waals surface area contributed by atoms with Crippen molar-refractivity contribution in [1.82, 2.24) is 0 Å². The number of thiophene rings is 1. The molecule has 6 heavy (non-hydrogen) atoms.